The highest BCUT2D eigenvalue weighted by Crippen LogP contribution is 2.27. The Hall–Kier alpha value is -2.83. The predicted molar refractivity (Wildman–Crippen MR) is 123 cm³/mol. The van der Waals surface area contributed by atoms with Gasteiger partial charge in [0.25, 0.3) is 10.1 Å². The van der Waals surface area contributed by atoms with Crippen LogP contribution in [-0.2, 0) is 44.7 Å². The number of aliphatic hydroxyl groups is 1. The summed E-state index contributed by atoms with van der Waals surface area (Å²) in [5.41, 5.74) is 1.67. The Kier molecular flexibility index (Phi) is 8.98. The molecule has 0 spiro atoms. The van der Waals surface area contributed by atoms with E-state index in [2.05, 4.69) is 5.32 Å². The van der Waals surface area contributed by atoms with Crippen LogP contribution < -0.4 is 5.32 Å². The number of hydrogen-bond acceptors (Lipinski definition) is 9. The fourth-order valence-corrected chi connectivity index (χ4v) is 4.59. The number of carbonyl (C=O) groups is 2. The molecule has 1 saturated heterocycles. The van der Waals surface area contributed by atoms with Crippen molar-refractivity contribution in [2.24, 2.45) is 0 Å². The number of amides is 1. The van der Waals surface area contributed by atoms with Gasteiger partial charge in [-0.15, -0.1) is 0 Å². The second-order valence-electron chi connectivity index (χ2n) is 8.18. The third kappa shape index (κ3) is 7.33. The molecule has 0 bridgehead atoms. The van der Waals surface area contributed by atoms with Crippen LogP contribution in [0, 0.1) is 6.92 Å². The molecule has 2 aromatic rings. The molecule has 5 atom stereocenters. The zero-order chi connectivity index (χ0) is 25.6. The van der Waals surface area contributed by atoms with Crippen molar-refractivity contribution in [2.75, 3.05) is 6.61 Å². The van der Waals surface area contributed by atoms with Gasteiger partial charge in [-0.2, -0.15) is 8.42 Å². The molecule has 11 heteroatoms. The van der Waals surface area contributed by atoms with Gasteiger partial charge in [0.15, 0.2) is 12.4 Å². The molecule has 0 aliphatic carbocycles. The minimum Gasteiger partial charge on any atom is -0.457 e. The van der Waals surface area contributed by atoms with Crippen LogP contribution in [0.25, 0.3) is 0 Å². The van der Waals surface area contributed by atoms with Crippen LogP contribution in [0.15, 0.2) is 59.5 Å². The number of hydrogen-bond donors (Lipinski definition) is 2. The number of aryl methyl sites for hydroxylation is 1. The molecule has 3 rings (SSSR count). The molecule has 1 fully saturated rings. The SMILES string of the molecule is CC(=O)N[C@@H]1[C@@H](OC(C)=O)[C@H](OCc2ccccc2)[C@@H](COS(=O)(=O)c2ccc(C)cc2)O[C@@H]1O. The second kappa shape index (κ2) is 11.7. The van der Waals surface area contributed by atoms with Crippen LogP contribution in [0.3, 0.4) is 0 Å². The van der Waals surface area contributed by atoms with Gasteiger partial charge in [0.2, 0.25) is 5.91 Å². The Balaban J connectivity index is 1.86. The van der Waals surface area contributed by atoms with Crippen LogP contribution in [0.4, 0.5) is 0 Å². The third-order valence-electron chi connectivity index (χ3n) is 5.32. The smallest absolute Gasteiger partial charge is 0.303 e. The molecule has 35 heavy (non-hydrogen) atoms. The van der Waals surface area contributed by atoms with Crippen molar-refractivity contribution in [3.63, 3.8) is 0 Å². The summed E-state index contributed by atoms with van der Waals surface area (Å²) in [7, 11) is -4.15. The Morgan fingerprint density at radius 1 is 1.03 bits per heavy atom. The van der Waals surface area contributed by atoms with Crippen molar-refractivity contribution in [2.45, 2.75) is 62.9 Å². The summed E-state index contributed by atoms with van der Waals surface area (Å²) in [5, 5.41) is 13.1. The average molecular weight is 508 g/mol. The lowest BCUT2D eigenvalue weighted by molar-refractivity contribution is -0.267. The van der Waals surface area contributed by atoms with E-state index < -0.39 is 59.2 Å². The number of carbonyl (C=O) groups excluding carboxylic acids is 2. The first-order chi connectivity index (χ1) is 16.6. The van der Waals surface area contributed by atoms with Gasteiger partial charge in [-0.1, -0.05) is 48.0 Å². The van der Waals surface area contributed by atoms with Gasteiger partial charge in [0.1, 0.15) is 18.2 Å². The molecule has 1 aliphatic heterocycles. The van der Waals surface area contributed by atoms with Crippen LogP contribution >= 0.6 is 0 Å². The van der Waals surface area contributed by atoms with E-state index in [-0.39, 0.29) is 11.5 Å². The highest BCUT2D eigenvalue weighted by atomic mass is 32.2. The molecule has 2 aromatic carbocycles. The quantitative estimate of drug-likeness (QED) is 0.381. The average Bonchev–Trinajstić information content (AvgIpc) is 2.80. The Morgan fingerprint density at radius 2 is 1.69 bits per heavy atom. The topological polar surface area (TPSA) is 137 Å². The summed E-state index contributed by atoms with van der Waals surface area (Å²) in [6.07, 6.45) is -5.02. The molecular weight excluding hydrogens is 478 g/mol. The molecular formula is C24H29NO9S. The highest BCUT2D eigenvalue weighted by Gasteiger charge is 2.49. The van der Waals surface area contributed by atoms with Crippen LogP contribution in [0.5, 0.6) is 0 Å². The molecule has 0 saturated carbocycles. The first-order valence-corrected chi connectivity index (χ1v) is 12.4. The highest BCUT2D eigenvalue weighted by molar-refractivity contribution is 7.86. The first kappa shape index (κ1) is 26.8. The van der Waals surface area contributed by atoms with Gasteiger partial charge in [-0.3, -0.25) is 13.8 Å². The van der Waals surface area contributed by atoms with Crippen molar-refractivity contribution < 1.29 is 41.5 Å². The lowest BCUT2D eigenvalue weighted by atomic mass is 9.96. The summed E-state index contributed by atoms with van der Waals surface area (Å²) >= 11 is 0. The fourth-order valence-electron chi connectivity index (χ4n) is 3.67. The maximum absolute atomic E-state index is 12.7. The van der Waals surface area contributed by atoms with E-state index in [4.69, 9.17) is 18.4 Å². The van der Waals surface area contributed by atoms with Crippen LogP contribution in [-0.4, -0.2) is 62.7 Å². The molecule has 2 N–H and O–H groups in total. The molecule has 1 heterocycles. The monoisotopic (exact) mass is 507 g/mol. The lowest BCUT2D eigenvalue weighted by Gasteiger charge is -2.44. The van der Waals surface area contributed by atoms with Crippen molar-refractivity contribution >= 4 is 22.0 Å². The normalized spacial score (nSPS) is 24.5. The van der Waals surface area contributed by atoms with E-state index in [0.717, 1.165) is 11.1 Å². The molecule has 0 aromatic heterocycles. The van der Waals surface area contributed by atoms with Crippen molar-refractivity contribution in [3.05, 3.63) is 65.7 Å². The van der Waals surface area contributed by atoms with E-state index in [1.54, 1.807) is 12.1 Å². The number of benzene rings is 2. The minimum absolute atomic E-state index is 0.0473. The van der Waals surface area contributed by atoms with Gasteiger partial charge in [0.05, 0.1) is 18.1 Å². The first-order valence-electron chi connectivity index (χ1n) is 11.0. The molecule has 190 valence electrons. The molecule has 1 aliphatic rings. The summed E-state index contributed by atoms with van der Waals surface area (Å²) in [5.74, 6) is -1.17. The van der Waals surface area contributed by atoms with E-state index in [0.29, 0.717) is 0 Å². The molecule has 10 nitrogen and oxygen atoms in total. The van der Waals surface area contributed by atoms with Gasteiger partial charge in [-0.05, 0) is 24.6 Å². The van der Waals surface area contributed by atoms with Crippen molar-refractivity contribution in [1.29, 1.82) is 0 Å². The fraction of sp³-hybridized carbons (Fsp3) is 0.417. The molecule has 0 radical (unpaired) electrons. The number of ether oxygens (including phenoxy) is 3. The van der Waals surface area contributed by atoms with Crippen LogP contribution in [0.2, 0.25) is 0 Å². The third-order valence-corrected chi connectivity index (χ3v) is 6.62. The lowest BCUT2D eigenvalue weighted by Crippen LogP contribution is -2.65. The largest absolute Gasteiger partial charge is 0.457 e. The number of esters is 1. The van der Waals surface area contributed by atoms with E-state index in [1.165, 1.54) is 26.0 Å². The summed E-state index contributed by atoms with van der Waals surface area (Å²) in [6, 6.07) is 14.1. The Labute approximate surface area is 204 Å². The van der Waals surface area contributed by atoms with Gasteiger partial charge in [0, 0.05) is 13.8 Å². The number of aliphatic hydroxyl groups excluding tert-OH is 1. The minimum atomic E-state index is -4.15. The molecule has 1 amide bonds. The summed E-state index contributed by atoms with van der Waals surface area (Å²) in [6.45, 7) is 3.77. The van der Waals surface area contributed by atoms with Crippen molar-refractivity contribution in [3.8, 4) is 0 Å². The second-order valence-corrected chi connectivity index (χ2v) is 9.79. The Bertz CT molecular complexity index is 1110. The zero-order valence-electron chi connectivity index (χ0n) is 19.6. The van der Waals surface area contributed by atoms with E-state index in [1.807, 2.05) is 37.3 Å². The maximum atomic E-state index is 12.7. The van der Waals surface area contributed by atoms with Crippen LogP contribution in [0.1, 0.15) is 25.0 Å². The zero-order valence-corrected chi connectivity index (χ0v) is 20.4. The van der Waals surface area contributed by atoms with E-state index >= 15 is 0 Å². The summed E-state index contributed by atoms with van der Waals surface area (Å²) < 4.78 is 47.6. The van der Waals surface area contributed by atoms with E-state index in [9.17, 15) is 23.1 Å². The van der Waals surface area contributed by atoms with Gasteiger partial charge >= 0.3 is 5.97 Å². The molecule has 0 unspecified atom stereocenters. The summed E-state index contributed by atoms with van der Waals surface area (Å²) in [4.78, 5) is 23.5. The Morgan fingerprint density at radius 3 is 2.29 bits per heavy atom. The van der Waals surface area contributed by atoms with Gasteiger partial charge < -0.3 is 24.6 Å². The number of nitrogens with one attached hydrogen (secondary N) is 1. The standard InChI is InChI=1S/C24H29NO9S/c1-15-9-11-19(12-10-15)35(29,30)32-14-20-22(31-13-18-7-5-4-6-8-18)23(33-17(3)27)21(24(28)34-20)25-16(2)26/h4-12,20-24,28H,13-14H2,1-3H3,(H,25,26)/t20-,21-,22-,23-,24+/m1/s1. The number of rotatable bonds is 9. The predicted octanol–water partition coefficient (Wildman–Crippen LogP) is 1.44. The van der Waals surface area contributed by atoms with Gasteiger partial charge in [-0.25, -0.2) is 0 Å². The maximum Gasteiger partial charge on any atom is 0.303 e. The van der Waals surface area contributed by atoms with Crippen molar-refractivity contribution in [1.82, 2.24) is 5.32 Å².